The van der Waals surface area contributed by atoms with E-state index in [1.165, 1.54) is 0 Å². The maximum atomic E-state index is 11.0. The predicted octanol–water partition coefficient (Wildman–Crippen LogP) is 1.20. The van der Waals surface area contributed by atoms with E-state index in [1.807, 2.05) is 18.2 Å². The van der Waals surface area contributed by atoms with E-state index in [4.69, 9.17) is 5.11 Å². The summed E-state index contributed by atoms with van der Waals surface area (Å²) >= 11 is 0. The summed E-state index contributed by atoms with van der Waals surface area (Å²) in [5.41, 5.74) is 1.44. The molecule has 96 valence electrons. The minimum absolute atomic E-state index is 0.446. The molecule has 1 N–H and O–H groups in total. The van der Waals surface area contributed by atoms with Gasteiger partial charge in [0, 0.05) is 18.9 Å². The third-order valence-electron chi connectivity index (χ3n) is 3.13. The minimum Gasteiger partial charge on any atom is -0.480 e. The average molecular weight is 256 g/mol. The topological polar surface area (TPSA) is 79.2 Å². The van der Waals surface area contributed by atoms with Crippen LogP contribution in [0.4, 0.5) is 5.95 Å². The molecular weight excluding hydrogens is 244 g/mol. The first-order valence-corrected chi connectivity index (χ1v) is 5.99. The smallest absolute Gasteiger partial charge is 0.326 e. The number of nitrogens with zero attached hydrogens (tertiary/aromatic N) is 4. The number of hydrogen-bond acceptors (Lipinski definition) is 5. The highest BCUT2D eigenvalue weighted by Crippen LogP contribution is 2.24. The Labute approximate surface area is 109 Å². The molecule has 0 saturated carbocycles. The first-order valence-electron chi connectivity index (χ1n) is 5.99. The summed E-state index contributed by atoms with van der Waals surface area (Å²) in [5.74, 6) is -0.389. The van der Waals surface area contributed by atoms with Crippen LogP contribution in [0, 0.1) is 0 Å². The van der Waals surface area contributed by atoms with Gasteiger partial charge in [0.1, 0.15) is 6.04 Å². The van der Waals surface area contributed by atoms with Crippen molar-refractivity contribution in [2.24, 2.45) is 0 Å². The monoisotopic (exact) mass is 256 g/mol. The third-order valence-corrected chi connectivity index (χ3v) is 3.13. The Kier molecular flexibility index (Phi) is 2.83. The summed E-state index contributed by atoms with van der Waals surface area (Å²) in [5, 5.41) is 9.04. The van der Waals surface area contributed by atoms with Crippen LogP contribution in [-0.2, 0) is 4.79 Å². The summed E-state index contributed by atoms with van der Waals surface area (Å²) in [4.78, 5) is 25.5. The van der Waals surface area contributed by atoms with Crippen molar-refractivity contribution in [3.63, 3.8) is 0 Å². The van der Waals surface area contributed by atoms with Crippen LogP contribution in [0.25, 0.3) is 11.4 Å². The fourth-order valence-corrected chi connectivity index (χ4v) is 2.03. The second-order valence-electron chi connectivity index (χ2n) is 4.29. The molecule has 1 unspecified atom stereocenters. The molecule has 1 atom stereocenters. The zero-order valence-electron chi connectivity index (χ0n) is 10.1. The zero-order valence-corrected chi connectivity index (χ0v) is 10.1. The first-order chi connectivity index (χ1) is 9.25. The molecule has 1 aliphatic rings. The van der Waals surface area contributed by atoms with Crippen molar-refractivity contribution < 1.29 is 9.90 Å². The lowest BCUT2D eigenvalue weighted by atomic mass is 10.0. The van der Waals surface area contributed by atoms with Gasteiger partial charge in [0.25, 0.3) is 0 Å². The third kappa shape index (κ3) is 2.12. The average Bonchev–Trinajstić information content (AvgIpc) is 2.38. The normalized spacial score (nSPS) is 17.9. The van der Waals surface area contributed by atoms with Gasteiger partial charge in [0.15, 0.2) is 0 Å². The second-order valence-corrected chi connectivity index (χ2v) is 4.29. The van der Waals surface area contributed by atoms with Gasteiger partial charge < -0.3 is 10.0 Å². The van der Waals surface area contributed by atoms with Crippen LogP contribution in [0.15, 0.2) is 36.7 Å². The van der Waals surface area contributed by atoms with E-state index in [0.29, 0.717) is 24.6 Å². The second kappa shape index (κ2) is 4.64. The van der Waals surface area contributed by atoms with E-state index in [2.05, 4.69) is 15.0 Å². The Balaban J connectivity index is 1.91. The number of rotatable bonds is 3. The molecule has 0 amide bonds. The van der Waals surface area contributed by atoms with Crippen molar-refractivity contribution in [1.29, 1.82) is 0 Å². The number of carbonyl (C=O) groups is 1. The molecule has 0 spiro atoms. The van der Waals surface area contributed by atoms with E-state index < -0.39 is 12.0 Å². The van der Waals surface area contributed by atoms with Gasteiger partial charge in [0.2, 0.25) is 5.95 Å². The molecule has 3 heterocycles. The maximum Gasteiger partial charge on any atom is 0.326 e. The van der Waals surface area contributed by atoms with Crippen LogP contribution in [0.5, 0.6) is 0 Å². The van der Waals surface area contributed by atoms with Crippen molar-refractivity contribution in [2.45, 2.75) is 12.5 Å². The highest BCUT2D eigenvalue weighted by atomic mass is 16.4. The van der Waals surface area contributed by atoms with E-state index in [0.717, 1.165) is 5.69 Å². The lowest BCUT2D eigenvalue weighted by molar-refractivity contribution is -0.140. The molecule has 1 fully saturated rings. The molecule has 2 aromatic heterocycles. The lowest BCUT2D eigenvalue weighted by Gasteiger charge is -2.37. The van der Waals surface area contributed by atoms with Gasteiger partial charge in [-0.2, -0.15) is 0 Å². The molecule has 6 nitrogen and oxygen atoms in total. The van der Waals surface area contributed by atoms with Gasteiger partial charge >= 0.3 is 5.97 Å². The highest BCUT2D eigenvalue weighted by Gasteiger charge is 2.35. The summed E-state index contributed by atoms with van der Waals surface area (Å²) in [6.45, 7) is 0.669. The Bertz CT molecular complexity index is 603. The number of anilines is 1. The van der Waals surface area contributed by atoms with Crippen molar-refractivity contribution in [2.75, 3.05) is 11.4 Å². The number of pyridine rings is 1. The van der Waals surface area contributed by atoms with Gasteiger partial charge in [-0.25, -0.2) is 14.8 Å². The maximum absolute atomic E-state index is 11.0. The number of aromatic nitrogens is 3. The van der Waals surface area contributed by atoms with Gasteiger partial charge in [-0.1, -0.05) is 6.07 Å². The Hall–Kier alpha value is -2.50. The van der Waals surface area contributed by atoms with Crippen LogP contribution in [0.3, 0.4) is 0 Å². The standard InChI is InChI=1S/C13H12N4O2/c18-12(19)11-5-8-17(11)13-15-7-4-10(16-13)9-3-1-2-6-14-9/h1-4,6-7,11H,5,8H2,(H,18,19). The van der Waals surface area contributed by atoms with Crippen LogP contribution in [0.1, 0.15) is 6.42 Å². The molecule has 0 aromatic carbocycles. The molecule has 2 aromatic rings. The molecule has 0 radical (unpaired) electrons. The van der Waals surface area contributed by atoms with E-state index in [1.54, 1.807) is 23.4 Å². The van der Waals surface area contributed by atoms with Crippen LogP contribution >= 0.6 is 0 Å². The van der Waals surface area contributed by atoms with Gasteiger partial charge in [-0.05, 0) is 24.6 Å². The Morgan fingerprint density at radius 1 is 1.21 bits per heavy atom. The number of aliphatic carboxylic acids is 1. The number of carboxylic acid groups (broad SMARTS) is 1. The molecule has 3 rings (SSSR count). The van der Waals surface area contributed by atoms with Crippen molar-refractivity contribution in [3.05, 3.63) is 36.7 Å². The highest BCUT2D eigenvalue weighted by molar-refractivity contribution is 5.79. The zero-order chi connectivity index (χ0) is 13.2. The molecular formula is C13H12N4O2. The molecule has 19 heavy (non-hydrogen) atoms. The quantitative estimate of drug-likeness (QED) is 0.889. The van der Waals surface area contributed by atoms with E-state index in [9.17, 15) is 4.79 Å². The van der Waals surface area contributed by atoms with Crippen LogP contribution in [-0.4, -0.2) is 38.6 Å². The Morgan fingerprint density at radius 3 is 2.74 bits per heavy atom. The molecule has 0 bridgehead atoms. The fourth-order valence-electron chi connectivity index (χ4n) is 2.03. The van der Waals surface area contributed by atoms with Crippen LogP contribution in [0.2, 0.25) is 0 Å². The number of hydrogen-bond donors (Lipinski definition) is 1. The first kappa shape index (κ1) is 11.6. The van der Waals surface area contributed by atoms with Crippen LogP contribution < -0.4 is 4.90 Å². The minimum atomic E-state index is -0.835. The summed E-state index contributed by atoms with van der Waals surface area (Å²) < 4.78 is 0. The number of carboxylic acids is 1. The van der Waals surface area contributed by atoms with Gasteiger partial charge in [-0.3, -0.25) is 4.98 Å². The van der Waals surface area contributed by atoms with Gasteiger partial charge in [-0.15, -0.1) is 0 Å². The van der Waals surface area contributed by atoms with Crippen molar-refractivity contribution >= 4 is 11.9 Å². The SMILES string of the molecule is O=C(O)C1CCN1c1nccc(-c2ccccn2)n1. The van der Waals surface area contributed by atoms with Crippen molar-refractivity contribution in [1.82, 2.24) is 15.0 Å². The molecule has 1 saturated heterocycles. The molecule has 1 aliphatic heterocycles. The molecule has 6 heteroatoms. The largest absolute Gasteiger partial charge is 0.480 e. The molecule has 0 aliphatic carbocycles. The summed E-state index contributed by atoms with van der Waals surface area (Å²) in [7, 11) is 0. The van der Waals surface area contributed by atoms with Gasteiger partial charge in [0.05, 0.1) is 11.4 Å². The predicted molar refractivity (Wildman–Crippen MR) is 68.6 cm³/mol. The fraction of sp³-hybridized carbons (Fsp3) is 0.231. The van der Waals surface area contributed by atoms with Crippen molar-refractivity contribution in [3.8, 4) is 11.4 Å². The lowest BCUT2D eigenvalue weighted by Crippen LogP contribution is -2.53. The summed E-state index contributed by atoms with van der Waals surface area (Å²) in [6.07, 6.45) is 3.96. The Morgan fingerprint density at radius 2 is 2.11 bits per heavy atom. The van der Waals surface area contributed by atoms with E-state index in [-0.39, 0.29) is 0 Å². The van der Waals surface area contributed by atoms with E-state index >= 15 is 0 Å². The summed E-state index contributed by atoms with van der Waals surface area (Å²) in [6, 6.07) is 6.83.